The Morgan fingerprint density at radius 2 is 1.92 bits per heavy atom. The minimum atomic E-state index is -0.582. The van der Waals surface area contributed by atoms with Gasteiger partial charge in [-0.3, -0.25) is 9.67 Å². The molecule has 0 saturated heterocycles. The number of hydrogen-bond acceptors (Lipinski definition) is 5. The molecule has 0 aliphatic heterocycles. The maximum Gasteiger partial charge on any atom is 0.119 e. The lowest BCUT2D eigenvalue weighted by Gasteiger charge is -2.13. The zero-order valence-corrected chi connectivity index (χ0v) is 14.2. The quantitative estimate of drug-likeness (QED) is 0.657. The molecule has 6 heteroatoms. The van der Waals surface area contributed by atoms with Gasteiger partial charge < -0.3 is 15.2 Å². The van der Waals surface area contributed by atoms with Crippen LogP contribution in [-0.2, 0) is 13.6 Å². The predicted octanol–water partition coefficient (Wildman–Crippen LogP) is 2.01. The van der Waals surface area contributed by atoms with E-state index in [2.05, 4.69) is 15.4 Å². The molecule has 0 saturated carbocycles. The number of nitrogens with one attached hydrogen (secondary N) is 1. The van der Waals surface area contributed by atoms with E-state index >= 15 is 0 Å². The van der Waals surface area contributed by atoms with E-state index in [1.54, 1.807) is 17.1 Å². The Balaban J connectivity index is 1.51. The van der Waals surface area contributed by atoms with Gasteiger partial charge in [0.1, 0.15) is 18.5 Å². The maximum atomic E-state index is 10.1. The Hall–Kier alpha value is -2.70. The first-order valence-corrected chi connectivity index (χ1v) is 8.22. The van der Waals surface area contributed by atoms with Gasteiger partial charge in [0.25, 0.3) is 0 Å². The van der Waals surface area contributed by atoms with E-state index in [9.17, 15) is 5.11 Å². The lowest BCUT2D eigenvalue weighted by molar-refractivity contribution is 0.106. The Bertz CT molecular complexity index is 775. The first-order valence-electron chi connectivity index (χ1n) is 8.22. The molecule has 1 atom stereocenters. The summed E-state index contributed by atoms with van der Waals surface area (Å²) < 4.78 is 7.35. The number of aliphatic hydroxyl groups is 1. The Morgan fingerprint density at radius 1 is 1.16 bits per heavy atom. The molecule has 3 rings (SSSR count). The molecular weight excluding hydrogens is 316 g/mol. The van der Waals surface area contributed by atoms with Gasteiger partial charge in [-0.05, 0) is 24.3 Å². The molecule has 0 fully saturated rings. The van der Waals surface area contributed by atoms with Crippen LogP contribution in [0.5, 0.6) is 5.75 Å². The van der Waals surface area contributed by atoms with Crippen molar-refractivity contribution in [3.05, 3.63) is 66.6 Å². The number of pyridine rings is 1. The lowest BCUT2D eigenvalue weighted by atomic mass is 10.1. The van der Waals surface area contributed by atoms with Crippen molar-refractivity contribution in [1.82, 2.24) is 20.1 Å². The molecule has 6 nitrogen and oxygen atoms in total. The molecule has 0 amide bonds. The number of aromatic nitrogens is 3. The van der Waals surface area contributed by atoms with Gasteiger partial charge in [0.05, 0.1) is 5.69 Å². The Morgan fingerprint density at radius 3 is 2.68 bits per heavy atom. The number of hydrogen-bond donors (Lipinski definition) is 2. The minimum Gasteiger partial charge on any atom is -0.491 e. The number of benzene rings is 1. The highest BCUT2D eigenvalue weighted by atomic mass is 16.5. The van der Waals surface area contributed by atoms with Crippen molar-refractivity contribution in [3.8, 4) is 17.0 Å². The molecule has 0 bridgehead atoms. The number of rotatable bonds is 8. The number of ether oxygens (including phenoxy) is 1. The molecule has 1 aromatic carbocycles. The van der Waals surface area contributed by atoms with Crippen molar-refractivity contribution in [2.24, 2.45) is 7.05 Å². The molecule has 0 unspecified atom stereocenters. The average molecular weight is 338 g/mol. The van der Waals surface area contributed by atoms with E-state index in [0.717, 1.165) is 22.6 Å². The predicted molar refractivity (Wildman–Crippen MR) is 96.1 cm³/mol. The second-order valence-corrected chi connectivity index (χ2v) is 5.82. The number of nitrogens with zero attached hydrogens (tertiary/aromatic N) is 3. The van der Waals surface area contributed by atoms with Crippen LogP contribution in [0.15, 0.2) is 61.1 Å². The van der Waals surface area contributed by atoms with E-state index in [1.807, 2.05) is 55.7 Å². The van der Waals surface area contributed by atoms with Crippen molar-refractivity contribution in [3.63, 3.8) is 0 Å². The molecule has 25 heavy (non-hydrogen) atoms. The van der Waals surface area contributed by atoms with Crippen LogP contribution in [0.1, 0.15) is 5.56 Å². The number of para-hydroxylation sites is 1. The molecule has 2 aromatic heterocycles. The van der Waals surface area contributed by atoms with Crippen LogP contribution in [-0.4, -0.2) is 39.1 Å². The third-order valence-electron chi connectivity index (χ3n) is 3.74. The summed E-state index contributed by atoms with van der Waals surface area (Å²) in [6, 6.07) is 13.4. The van der Waals surface area contributed by atoms with Crippen molar-refractivity contribution in [2.75, 3.05) is 13.2 Å². The number of aryl methyl sites for hydroxylation is 1. The molecule has 130 valence electrons. The van der Waals surface area contributed by atoms with Crippen LogP contribution in [0.4, 0.5) is 0 Å². The Labute approximate surface area is 147 Å². The zero-order chi connectivity index (χ0) is 17.5. The van der Waals surface area contributed by atoms with E-state index < -0.39 is 6.10 Å². The van der Waals surface area contributed by atoms with Crippen LogP contribution in [0.3, 0.4) is 0 Å². The highest BCUT2D eigenvalue weighted by Crippen LogP contribution is 2.20. The van der Waals surface area contributed by atoms with Crippen molar-refractivity contribution in [2.45, 2.75) is 12.6 Å². The van der Waals surface area contributed by atoms with Gasteiger partial charge in [0.15, 0.2) is 0 Å². The summed E-state index contributed by atoms with van der Waals surface area (Å²) in [6.07, 6.45) is 4.91. The lowest BCUT2D eigenvalue weighted by Crippen LogP contribution is -2.31. The van der Waals surface area contributed by atoms with Crippen molar-refractivity contribution >= 4 is 0 Å². The summed E-state index contributed by atoms with van der Waals surface area (Å²) >= 11 is 0. The van der Waals surface area contributed by atoms with Crippen LogP contribution >= 0.6 is 0 Å². The summed E-state index contributed by atoms with van der Waals surface area (Å²) in [7, 11) is 1.90. The molecule has 0 spiro atoms. The first-order chi connectivity index (χ1) is 12.2. The topological polar surface area (TPSA) is 72.2 Å². The van der Waals surface area contributed by atoms with Crippen LogP contribution in [0, 0.1) is 0 Å². The molecular formula is C19H22N4O2. The highest BCUT2D eigenvalue weighted by molar-refractivity contribution is 5.61. The second kappa shape index (κ2) is 8.41. The van der Waals surface area contributed by atoms with Gasteiger partial charge >= 0.3 is 0 Å². The average Bonchev–Trinajstić information content (AvgIpc) is 3.02. The van der Waals surface area contributed by atoms with Crippen molar-refractivity contribution < 1.29 is 9.84 Å². The SMILES string of the molecule is Cn1cc(CNC[C@@H](O)COc2ccccc2)c(-c2ccncc2)n1. The third kappa shape index (κ3) is 4.89. The fraction of sp³-hybridized carbons (Fsp3) is 0.263. The first kappa shape index (κ1) is 17.1. The van der Waals surface area contributed by atoms with Crippen molar-refractivity contribution in [1.29, 1.82) is 0 Å². The summed E-state index contributed by atoms with van der Waals surface area (Å²) in [5, 5.41) is 17.8. The summed E-state index contributed by atoms with van der Waals surface area (Å²) in [4.78, 5) is 4.04. The maximum absolute atomic E-state index is 10.1. The Kier molecular flexibility index (Phi) is 5.77. The zero-order valence-electron chi connectivity index (χ0n) is 14.2. The standard InChI is InChI=1S/C19H22N4O2/c1-23-13-16(19(22-23)15-7-9-20-10-8-15)11-21-12-17(24)14-25-18-5-3-2-4-6-18/h2-10,13,17,21,24H,11-12,14H2,1H3/t17-/m1/s1. The van der Waals surface area contributed by atoms with Gasteiger partial charge in [0.2, 0.25) is 0 Å². The van der Waals surface area contributed by atoms with Crippen LogP contribution in [0.2, 0.25) is 0 Å². The minimum absolute atomic E-state index is 0.251. The molecule has 2 heterocycles. The van der Waals surface area contributed by atoms with Crippen LogP contribution < -0.4 is 10.1 Å². The van der Waals surface area contributed by atoms with E-state index in [1.165, 1.54) is 0 Å². The van der Waals surface area contributed by atoms with E-state index in [-0.39, 0.29) is 6.61 Å². The third-order valence-corrected chi connectivity index (χ3v) is 3.74. The summed E-state index contributed by atoms with van der Waals surface area (Å²) in [5.41, 5.74) is 3.03. The van der Waals surface area contributed by atoms with Gasteiger partial charge in [-0.2, -0.15) is 5.10 Å². The highest BCUT2D eigenvalue weighted by Gasteiger charge is 2.11. The molecule has 0 radical (unpaired) electrons. The smallest absolute Gasteiger partial charge is 0.119 e. The van der Waals surface area contributed by atoms with Crippen LogP contribution in [0.25, 0.3) is 11.3 Å². The fourth-order valence-corrected chi connectivity index (χ4v) is 2.56. The molecule has 0 aliphatic rings. The molecule has 2 N–H and O–H groups in total. The van der Waals surface area contributed by atoms with E-state index in [0.29, 0.717) is 13.1 Å². The fourth-order valence-electron chi connectivity index (χ4n) is 2.56. The van der Waals surface area contributed by atoms with Gasteiger partial charge in [-0.25, -0.2) is 0 Å². The van der Waals surface area contributed by atoms with E-state index in [4.69, 9.17) is 4.74 Å². The van der Waals surface area contributed by atoms with Gasteiger partial charge in [-0.1, -0.05) is 18.2 Å². The molecule has 3 aromatic rings. The monoisotopic (exact) mass is 338 g/mol. The summed E-state index contributed by atoms with van der Waals surface area (Å²) in [6.45, 7) is 1.31. The summed E-state index contributed by atoms with van der Waals surface area (Å²) in [5.74, 6) is 0.758. The normalized spacial score (nSPS) is 12.1. The number of aliphatic hydroxyl groups excluding tert-OH is 1. The second-order valence-electron chi connectivity index (χ2n) is 5.82. The molecule has 0 aliphatic carbocycles. The largest absolute Gasteiger partial charge is 0.491 e. The van der Waals surface area contributed by atoms with Gasteiger partial charge in [-0.15, -0.1) is 0 Å². The van der Waals surface area contributed by atoms with Gasteiger partial charge in [0, 0.05) is 49.9 Å².